The zero-order chi connectivity index (χ0) is 21.1. The van der Waals surface area contributed by atoms with Crippen LogP contribution in [0.1, 0.15) is 62.4 Å². The Kier molecular flexibility index (Phi) is 6.28. The Morgan fingerprint density at radius 3 is 2.63 bits per heavy atom. The number of hydrogen-bond acceptors (Lipinski definition) is 5. The zero-order valence-corrected chi connectivity index (χ0v) is 18.1. The van der Waals surface area contributed by atoms with Gasteiger partial charge in [0.1, 0.15) is 23.4 Å². The van der Waals surface area contributed by atoms with E-state index in [2.05, 4.69) is 19.2 Å². The second kappa shape index (κ2) is 9.09. The Morgan fingerprint density at radius 2 is 1.90 bits per heavy atom. The van der Waals surface area contributed by atoms with Gasteiger partial charge in [0.05, 0.1) is 13.2 Å². The Morgan fingerprint density at radius 1 is 1.07 bits per heavy atom. The maximum atomic E-state index is 13.2. The van der Waals surface area contributed by atoms with Crippen molar-refractivity contribution in [3.8, 4) is 28.4 Å². The molecule has 2 atom stereocenters. The van der Waals surface area contributed by atoms with Crippen LogP contribution in [0.25, 0.3) is 11.1 Å². The first-order valence-corrected chi connectivity index (χ1v) is 11.2. The number of piperidine rings is 1. The van der Waals surface area contributed by atoms with Crippen LogP contribution in [-0.2, 0) is 0 Å². The molecule has 2 aliphatic rings. The van der Waals surface area contributed by atoms with Gasteiger partial charge in [0.25, 0.3) is 0 Å². The molecule has 2 unspecified atom stereocenters. The van der Waals surface area contributed by atoms with Gasteiger partial charge in [-0.3, -0.25) is 4.79 Å². The van der Waals surface area contributed by atoms with Gasteiger partial charge in [0, 0.05) is 34.4 Å². The maximum absolute atomic E-state index is 13.2. The van der Waals surface area contributed by atoms with Gasteiger partial charge in [-0.2, -0.15) is 0 Å². The average molecular weight is 410 g/mol. The predicted molar refractivity (Wildman–Crippen MR) is 118 cm³/mol. The first-order chi connectivity index (χ1) is 14.6. The lowest BCUT2D eigenvalue weighted by molar-refractivity contribution is 0.104. The first kappa shape index (κ1) is 20.7. The quantitative estimate of drug-likeness (QED) is 0.568. The van der Waals surface area contributed by atoms with Crippen LogP contribution in [0.15, 0.2) is 30.3 Å². The van der Waals surface area contributed by atoms with Crippen molar-refractivity contribution in [3.63, 3.8) is 0 Å². The molecular formula is C25H31NO4. The number of rotatable bonds is 8. The van der Waals surface area contributed by atoms with Gasteiger partial charge < -0.3 is 19.5 Å². The molecule has 160 valence electrons. The third kappa shape index (κ3) is 3.91. The number of nitrogens with one attached hydrogen (secondary N) is 1. The van der Waals surface area contributed by atoms with Gasteiger partial charge in [0.15, 0.2) is 5.78 Å². The van der Waals surface area contributed by atoms with Crippen LogP contribution < -0.4 is 19.5 Å². The summed E-state index contributed by atoms with van der Waals surface area (Å²) in [6, 6.07) is 9.77. The van der Waals surface area contributed by atoms with Crippen LogP contribution in [0, 0.1) is 0 Å². The molecule has 2 aromatic rings. The van der Waals surface area contributed by atoms with Gasteiger partial charge >= 0.3 is 0 Å². The molecule has 0 spiro atoms. The molecule has 5 nitrogen and oxygen atoms in total. The molecule has 4 rings (SSSR count). The minimum atomic E-state index is -0.00297. The van der Waals surface area contributed by atoms with E-state index in [0.717, 1.165) is 36.3 Å². The van der Waals surface area contributed by atoms with Gasteiger partial charge in [-0.25, -0.2) is 0 Å². The average Bonchev–Trinajstić information content (AvgIpc) is 3.06. The molecule has 1 heterocycles. The lowest BCUT2D eigenvalue weighted by Gasteiger charge is -2.30. The van der Waals surface area contributed by atoms with Crippen LogP contribution in [0.3, 0.4) is 0 Å². The zero-order valence-electron chi connectivity index (χ0n) is 18.1. The SMILES string of the molecule is CCCOc1cc(OCC)cc2c1-c1c(OC(C)C3CCCCN3)cccc1C2=O. The van der Waals surface area contributed by atoms with E-state index < -0.39 is 0 Å². The topological polar surface area (TPSA) is 56.8 Å². The van der Waals surface area contributed by atoms with Gasteiger partial charge in [-0.15, -0.1) is 0 Å². The summed E-state index contributed by atoms with van der Waals surface area (Å²) >= 11 is 0. The monoisotopic (exact) mass is 409 g/mol. The van der Waals surface area contributed by atoms with Gasteiger partial charge in [-0.05, 0) is 51.8 Å². The lowest BCUT2D eigenvalue weighted by atomic mass is 10.00. The molecular weight excluding hydrogens is 378 g/mol. The van der Waals surface area contributed by atoms with Crippen molar-refractivity contribution < 1.29 is 19.0 Å². The molecule has 1 aliphatic heterocycles. The molecule has 5 heteroatoms. The van der Waals surface area contributed by atoms with Gasteiger partial charge in [0.2, 0.25) is 0 Å². The summed E-state index contributed by atoms with van der Waals surface area (Å²) < 4.78 is 18.2. The number of ether oxygens (including phenoxy) is 3. The largest absolute Gasteiger partial charge is 0.494 e. The number of ketones is 1. The number of benzene rings is 2. The van der Waals surface area contributed by atoms with Crippen molar-refractivity contribution in [2.24, 2.45) is 0 Å². The van der Waals surface area contributed by atoms with Crippen molar-refractivity contribution in [3.05, 3.63) is 41.5 Å². The fourth-order valence-electron chi connectivity index (χ4n) is 4.39. The number of hydrogen-bond donors (Lipinski definition) is 1. The molecule has 0 amide bonds. The van der Waals surface area contributed by atoms with Crippen molar-refractivity contribution in [2.45, 2.75) is 58.6 Å². The van der Waals surface area contributed by atoms with Crippen LogP contribution in [0.2, 0.25) is 0 Å². The predicted octanol–water partition coefficient (Wildman–Crippen LogP) is 4.99. The van der Waals surface area contributed by atoms with E-state index in [1.54, 1.807) is 0 Å². The van der Waals surface area contributed by atoms with E-state index in [4.69, 9.17) is 14.2 Å². The summed E-state index contributed by atoms with van der Waals surface area (Å²) in [5, 5.41) is 3.56. The molecule has 2 aromatic carbocycles. The molecule has 0 bridgehead atoms. The highest BCUT2D eigenvalue weighted by Gasteiger charge is 2.34. The van der Waals surface area contributed by atoms with Crippen molar-refractivity contribution in [2.75, 3.05) is 19.8 Å². The van der Waals surface area contributed by atoms with Crippen molar-refractivity contribution in [1.29, 1.82) is 0 Å². The van der Waals surface area contributed by atoms with Crippen molar-refractivity contribution in [1.82, 2.24) is 5.32 Å². The molecule has 0 aromatic heterocycles. The van der Waals surface area contributed by atoms with E-state index in [9.17, 15) is 4.79 Å². The fraction of sp³-hybridized carbons (Fsp3) is 0.480. The molecule has 1 saturated heterocycles. The minimum absolute atomic E-state index is 0.00297. The third-order valence-corrected chi connectivity index (χ3v) is 5.84. The maximum Gasteiger partial charge on any atom is 0.194 e. The van der Waals surface area contributed by atoms with E-state index in [0.29, 0.717) is 41.9 Å². The summed E-state index contributed by atoms with van der Waals surface area (Å²) in [6.07, 6.45) is 4.44. The van der Waals surface area contributed by atoms with Crippen LogP contribution in [0.4, 0.5) is 0 Å². The van der Waals surface area contributed by atoms with Crippen LogP contribution in [0.5, 0.6) is 17.2 Å². The summed E-state index contributed by atoms with van der Waals surface area (Å²) in [6.45, 7) is 8.25. The Bertz CT molecular complexity index is 918. The highest BCUT2D eigenvalue weighted by molar-refractivity contribution is 6.23. The molecule has 30 heavy (non-hydrogen) atoms. The minimum Gasteiger partial charge on any atom is -0.494 e. The van der Waals surface area contributed by atoms with Crippen LogP contribution in [-0.4, -0.2) is 37.7 Å². The second-order valence-corrected chi connectivity index (χ2v) is 8.01. The van der Waals surface area contributed by atoms with Crippen LogP contribution >= 0.6 is 0 Å². The molecule has 1 aliphatic carbocycles. The summed E-state index contributed by atoms with van der Waals surface area (Å²) in [4.78, 5) is 13.2. The molecule has 0 saturated carbocycles. The number of fused-ring (bicyclic) bond motifs is 3. The van der Waals surface area contributed by atoms with Crippen molar-refractivity contribution >= 4 is 5.78 Å². The highest BCUT2D eigenvalue weighted by Crippen LogP contribution is 2.49. The highest BCUT2D eigenvalue weighted by atomic mass is 16.5. The Hall–Kier alpha value is -2.53. The molecule has 0 radical (unpaired) electrons. The van der Waals surface area contributed by atoms with E-state index in [1.165, 1.54) is 12.8 Å². The van der Waals surface area contributed by atoms with E-state index >= 15 is 0 Å². The fourth-order valence-corrected chi connectivity index (χ4v) is 4.39. The molecule has 1 N–H and O–H groups in total. The van der Waals surface area contributed by atoms with E-state index in [1.807, 2.05) is 37.3 Å². The second-order valence-electron chi connectivity index (χ2n) is 8.01. The number of carbonyl (C=O) groups excluding carboxylic acids is 1. The smallest absolute Gasteiger partial charge is 0.194 e. The summed E-state index contributed by atoms with van der Waals surface area (Å²) in [5.41, 5.74) is 2.96. The lowest BCUT2D eigenvalue weighted by Crippen LogP contribution is -2.44. The Balaban J connectivity index is 1.75. The normalized spacial score (nSPS) is 18.5. The summed E-state index contributed by atoms with van der Waals surface area (Å²) in [5.74, 6) is 2.08. The standard InChI is InChI=1S/C25H31NO4/c1-4-13-29-22-15-17(28-5-2)14-19-24(22)23-18(25(19)27)9-8-11-21(23)30-16(3)20-10-6-7-12-26-20/h8-9,11,14-16,20,26H,4-7,10,12-13H2,1-3H3. The van der Waals surface area contributed by atoms with Gasteiger partial charge in [-0.1, -0.05) is 25.5 Å². The Labute approximate surface area is 178 Å². The third-order valence-electron chi connectivity index (χ3n) is 5.84. The number of carbonyl (C=O) groups is 1. The molecule has 1 fully saturated rings. The first-order valence-electron chi connectivity index (χ1n) is 11.2. The summed E-state index contributed by atoms with van der Waals surface area (Å²) in [7, 11) is 0. The van der Waals surface area contributed by atoms with E-state index in [-0.39, 0.29) is 11.9 Å².